The molecule has 24 heavy (non-hydrogen) atoms. The number of benzene rings is 2. The third-order valence-corrected chi connectivity index (χ3v) is 5.08. The van der Waals surface area contributed by atoms with Crippen molar-refractivity contribution in [3.63, 3.8) is 0 Å². The number of aliphatic hydroxyl groups excluding tert-OH is 1. The lowest BCUT2D eigenvalue weighted by atomic mass is 9.88. The van der Waals surface area contributed by atoms with E-state index in [1.54, 1.807) is 0 Å². The number of aliphatic hydroxyl groups is 1. The second-order valence-electron chi connectivity index (χ2n) is 6.91. The molecule has 1 aliphatic rings. The van der Waals surface area contributed by atoms with Crippen molar-refractivity contribution >= 4 is 0 Å². The fourth-order valence-electron chi connectivity index (χ4n) is 3.57. The van der Waals surface area contributed by atoms with Gasteiger partial charge >= 0.3 is 0 Å². The summed E-state index contributed by atoms with van der Waals surface area (Å²) in [5.74, 6) is 1.40. The van der Waals surface area contributed by atoms with Gasteiger partial charge < -0.3 is 9.84 Å². The summed E-state index contributed by atoms with van der Waals surface area (Å²) < 4.78 is 6.32. The molecule has 3 rings (SSSR count). The first-order valence-corrected chi connectivity index (χ1v) is 9.21. The second-order valence-corrected chi connectivity index (χ2v) is 6.91. The van der Waals surface area contributed by atoms with Gasteiger partial charge in [-0.15, -0.1) is 0 Å². The molecule has 0 amide bonds. The number of aryl methyl sites for hydroxylation is 1. The van der Waals surface area contributed by atoms with E-state index in [2.05, 4.69) is 49.4 Å². The first-order valence-electron chi connectivity index (χ1n) is 9.21. The van der Waals surface area contributed by atoms with Gasteiger partial charge in [0.25, 0.3) is 0 Å². The van der Waals surface area contributed by atoms with E-state index in [0.29, 0.717) is 5.92 Å². The molecule has 1 fully saturated rings. The summed E-state index contributed by atoms with van der Waals surface area (Å²) in [6, 6.07) is 17.2. The van der Waals surface area contributed by atoms with Crippen LogP contribution in [0.4, 0.5) is 0 Å². The van der Waals surface area contributed by atoms with Gasteiger partial charge in [-0.3, -0.25) is 0 Å². The largest absolute Gasteiger partial charge is 0.490 e. The van der Waals surface area contributed by atoms with Crippen LogP contribution in [0.3, 0.4) is 0 Å². The molecule has 0 bridgehead atoms. The smallest absolute Gasteiger partial charge is 0.123 e. The Kier molecular flexibility index (Phi) is 5.92. The topological polar surface area (TPSA) is 29.5 Å². The molecular weight excluding hydrogens is 296 g/mol. The molecule has 0 aliphatic heterocycles. The maximum atomic E-state index is 9.41. The highest BCUT2D eigenvalue weighted by molar-refractivity contribution is 5.38. The average Bonchev–Trinajstić information content (AvgIpc) is 2.64. The molecule has 0 saturated heterocycles. The molecule has 1 aliphatic carbocycles. The summed E-state index contributed by atoms with van der Waals surface area (Å²) in [4.78, 5) is 0. The van der Waals surface area contributed by atoms with Crippen molar-refractivity contribution in [1.82, 2.24) is 0 Å². The van der Waals surface area contributed by atoms with Crippen LogP contribution in [0, 0.1) is 5.92 Å². The molecule has 0 heterocycles. The molecule has 0 aromatic heterocycles. The third kappa shape index (κ3) is 4.39. The first kappa shape index (κ1) is 17.0. The number of para-hydroxylation sites is 1. The molecule has 1 N–H and O–H groups in total. The number of ether oxygens (including phenoxy) is 1. The van der Waals surface area contributed by atoms with E-state index in [1.165, 1.54) is 16.7 Å². The Morgan fingerprint density at radius 3 is 2.50 bits per heavy atom. The summed E-state index contributed by atoms with van der Waals surface area (Å²) in [5.41, 5.74) is 3.94. The quantitative estimate of drug-likeness (QED) is 0.829. The Balaban J connectivity index is 1.70. The van der Waals surface area contributed by atoms with Gasteiger partial charge in [0, 0.05) is 13.0 Å². The molecule has 2 nitrogen and oxygen atoms in total. The summed E-state index contributed by atoms with van der Waals surface area (Å²) in [6.07, 6.45) is 6.55. The molecule has 0 radical (unpaired) electrons. The fourth-order valence-corrected chi connectivity index (χ4v) is 3.57. The van der Waals surface area contributed by atoms with Gasteiger partial charge in [0.15, 0.2) is 0 Å². The lowest BCUT2D eigenvalue weighted by Gasteiger charge is -2.29. The van der Waals surface area contributed by atoms with Crippen molar-refractivity contribution in [3.8, 4) is 5.75 Å². The summed E-state index contributed by atoms with van der Waals surface area (Å²) in [5, 5.41) is 9.41. The molecule has 2 heteroatoms. The minimum atomic E-state index is 0.236. The molecule has 0 unspecified atom stereocenters. The zero-order valence-electron chi connectivity index (χ0n) is 14.6. The maximum Gasteiger partial charge on any atom is 0.123 e. The lowest BCUT2D eigenvalue weighted by molar-refractivity contribution is 0.0920. The standard InChI is InChI=1S/C22H28O2/c1-2-17-10-12-18(13-11-17)14-20-7-3-4-9-22(20)24-21-8-5-6-19(15-21)16-23/h3-4,7,9-13,19,21,23H,2,5-6,8,14-16H2,1H3/t19-,21-/m1/s1. The summed E-state index contributed by atoms with van der Waals surface area (Å²) >= 11 is 0. The first-order chi connectivity index (χ1) is 11.8. The van der Waals surface area contributed by atoms with E-state index in [4.69, 9.17) is 4.74 Å². The van der Waals surface area contributed by atoms with Crippen LogP contribution in [-0.2, 0) is 12.8 Å². The van der Waals surface area contributed by atoms with Crippen LogP contribution in [0.5, 0.6) is 5.75 Å². The summed E-state index contributed by atoms with van der Waals surface area (Å²) in [6.45, 7) is 2.47. The van der Waals surface area contributed by atoms with E-state index >= 15 is 0 Å². The normalized spacial score (nSPS) is 20.8. The van der Waals surface area contributed by atoms with Crippen molar-refractivity contribution in [2.45, 2.75) is 51.6 Å². The molecule has 2 aromatic carbocycles. The molecule has 0 spiro atoms. The van der Waals surface area contributed by atoms with Crippen LogP contribution < -0.4 is 4.74 Å². The molecule has 2 aromatic rings. The van der Waals surface area contributed by atoms with Crippen LogP contribution in [0.1, 0.15) is 49.3 Å². The maximum absolute atomic E-state index is 9.41. The molecule has 2 atom stereocenters. The van der Waals surface area contributed by atoms with Gasteiger partial charge in [0.1, 0.15) is 5.75 Å². The van der Waals surface area contributed by atoms with Crippen molar-refractivity contribution in [1.29, 1.82) is 0 Å². The van der Waals surface area contributed by atoms with Crippen LogP contribution in [-0.4, -0.2) is 17.8 Å². The summed E-state index contributed by atoms with van der Waals surface area (Å²) in [7, 11) is 0. The number of hydrogen-bond acceptors (Lipinski definition) is 2. The van der Waals surface area contributed by atoms with E-state index in [0.717, 1.165) is 44.3 Å². The van der Waals surface area contributed by atoms with Crippen molar-refractivity contribution in [3.05, 3.63) is 65.2 Å². The van der Waals surface area contributed by atoms with Crippen LogP contribution in [0.15, 0.2) is 48.5 Å². The number of hydrogen-bond donors (Lipinski definition) is 1. The van der Waals surface area contributed by atoms with Crippen LogP contribution in [0.2, 0.25) is 0 Å². The molecular formula is C22H28O2. The Labute approximate surface area is 145 Å². The van der Waals surface area contributed by atoms with Crippen molar-refractivity contribution < 1.29 is 9.84 Å². The van der Waals surface area contributed by atoms with Gasteiger partial charge in [-0.05, 0) is 60.8 Å². The van der Waals surface area contributed by atoms with Crippen LogP contribution in [0.25, 0.3) is 0 Å². The van der Waals surface area contributed by atoms with Crippen molar-refractivity contribution in [2.24, 2.45) is 5.92 Å². The Bertz CT molecular complexity index is 633. The predicted octanol–water partition coefficient (Wildman–Crippen LogP) is 4.77. The van der Waals surface area contributed by atoms with Gasteiger partial charge in [0.05, 0.1) is 6.10 Å². The Hall–Kier alpha value is -1.80. The van der Waals surface area contributed by atoms with Crippen molar-refractivity contribution in [2.75, 3.05) is 6.61 Å². The zero-order chi connectivity index (χ0) is 16.8. The fraction of sp³-hybridized carbons (Fsp3) is 0.455. The molecule has 128 valence electrons. The second kappa shape index (κ2) is 8.34. The monoisotopic (exact) mass is 324 g/mol. The van der Waals surface area contributed by atoms with Gasteiger partial charge in [-0.2, -0.15) is 0 Å². The van der Waals surface area contributed by atoms with Gasteiger partial charge in [-0.25, -0.2) is 0 Å². The van der Waals surface area contributed by atoms with E-state index in [9.17, 15) is 5.11 Å². The highest BCUT2D eigenvalue weighted by atomic mass is 16.5. The minimum absolute atomic E-state index is 0.236. The average molecular weight is 324 g/mol. The Morgan fingerprint density at radius 2 is 1.75 bits per heavy atom. The van der Waals surface area contributed by atoms with E-state index in [-0.39, 0.29) is 12.7 Å². The highest BCUT2D eigenvalue weighted by Crippen LogP contribution is 2.30. The predicted molar refractivity (Wildman–Crippen MR) is 98.5 cm³/mol. The van der Waals surface area contributed by atoms with Gasteiger partial charge in [0.2, 0.25) is 0 Å². The van der Waals surface area contributed by atoms with Crippen LogP contribution >= 0.6 is 0 Å². The van der Waals surface area contributed by atoms with E-state index in [1.807, 2.05) is 6.07 Å². The minimum Gasteiger partial charge on any atom is -0.490 e. The highest BCUT2D eigenvalue weighted by Gasteiger charge is 2.23. The van der Waals surface area contributed by atoms with Gasteiger partial charge in [-0.1, -0.05) is 49.4 Å². The number of rotatable bonds is 6. The zero-order valence-corrected chi connectivity index (χ0v) is 14.6. The Morgan fingerprint density at radius 1 is 1.00 bits per heavy atom. The third-order valence-electron chi connectivity index (χ3n) is 5.08. The molecule has 1 saturated carbocycles. The van der Waals surface area contributed by atoms with E-state index < -0.39 is 0 Å². The lowest BCUT2D eigenvalue weighted by Crippen LogP contribution is -2.27. The SMILES string of the molecule is CCc1ccc(Cc2ccccc2O[C@@H]2CCC[C@@H](CO)C2)cc1.